The van der Waals surface area contributed by atoms with Gasteiger partial charge in [0.2, 0.25) is 0 Å². The van der Waals surface area contributed by atoms with Crippen molar-refractivity contribution in [3.05, 3.63) is 65.2 Å². The van der Waals surface area contributed by atoms with Crippen molar-refractivity contribution in [3.63, 3.8) is 0 Å². The van der Waals surface area contributed by atoms with Gasteiger partial charge in [-0.1, -0.05) is 76.9 Å². The van der Waals surface area contributed by atoms with Gasteiger partial charge in [0.05, 0.1) is 6.10 Å². The highest BCUT2D eigenvalue weighted by Crippen LogP contribution is 2.62. The van der Waals surface area contributed by atoms with E-state index < -0.39 is 0 Å². The molecule has 174 valence electrons. The molecule has 6 atom stereocenters. The van der Waals surface area contributed by atoms with Crippen LogP contribution in [0.1, 0.15) is 88.8 Å². The molecule has 0 aromatic heterocycles. The molecule has 3 aliphatic carbocycles. The fraction of sp³-hybridized carbons (Fsp3) is 0.600. The van der Waals surface area contributed by atoms with E-state index in [1.54, 1.807) is 5.56 Å². The average molecular weight is 435 g/mol. The Morgan fingerprint density at radius 3 is 2.56 bits per heavy atom. The third-order valence-electron chi connectivity index (χ3n) is 8.73. The van der Waals surface area contributed by atoms with Gasteiger partial charge in [0, 0.05) is 0 Å². The topological polar surface area (TPSA) is 29.5 Å². The summed E-state index contributed by atoms with van der Waals surface area (Å²) >= 11 is 0. The molecule has 0 radical (unpaired) electrons. The average Bonchev–Trinajstić information content (AvgIpc) is 3.14. The Bertz CT molecular complexity index is 876. The van der Waals surface area contributed by atoms with Crippen LogP contribution in [-0.2, 0) is 13.0 Å². The van der Waals surface area contributed by atoms with Crippen molar-refractivity contribution in [1.82, 2.24) is 0 Å². The van der Waals surface area contributed by atoms with Gasteiger partial charge in [-0.15, -0.1) is 0 Å². The fourth-order valence-electron chi connectivity index (χ4n) is 7.22. The molecule has 0 saturated heterocycles. The number of aliphatic hydroxyl groups is 1. The zero-order valence-corrected chi connectivity index (χ0v) is 20.5. The predicted molar refractivity (Wildman–Crippen MR) is 133 cm³/mol. The number of rotatable bonds is 5. The summed E-state index contributed by atoms with van der Waals surface area (Å²) in [5, 5.41) is 10.8. The van der Waals surface area contributed by atoms with Crippen LogP contribution in [0.5, 0.6) is 5.75 Å². The molecule has 2 aromatic rings. The standard InChI is InChI=1S/C28H36O2.C2H6/c1-3-7-20-16-21-17-22(30-18-19-8-5-4-6-9-19)10-11-23(21)24-14-15-28(2)25(27(20)24)12-13-26(28)29;1-2/h4-6,8-11,17,20,24-27,29H,3,7,12-16,18H2,1-2H3;1-2H3/t20-,24?,25?,26?,27?,28?;/m1./s1. The summed E-state index contributed by atoms with van der Waals surface area (Å²) in [5.41, 5.74) is 4.44. The van der Waals surface area contributed by atoms with Crippen LogP contribution < -0.4 is 4.74 Å². The Morgan fingerprint density at radius 2 is 1.81 bits per heavy atom. The maximum absolute atomic E-state index is 10.8. The van der Waals surface area contributed by atoms with Crippen molar-refractivity contribution in [1.29, 1.82) is 0 Å². The van der Waals surface area contributed by atoms with Crippen molar-refractivity contribution >= 4 is 0 Å². The SMILES string of the molecule is CC.CCC[C@@H]1Cc2cc(OCc3ccccc3)ccc2C2CCC3(C)C(O)CCC3C21. The van der Waals surface area contributed by atoms with Crippen LogP contribution in [0.15, 0.2) is 48.5 Å². The minimum Gasteiger partial charge on any atom is -0.489 e. The molecule has 0 amide bonds. The molecular formula is C30H42O2. The summed E-state index contributed by atoms with van der Waals surface area (Å²) in [4.78, 5) is 0. The number of benzene rings is 2. The van der Waals surface area contributed by atoms with Gasteiger partial charge in [0.1, 0.15) is 12.4 Å². The molecule has 2 nitrogen and oxygen atoms in total. The molecule has 32 heavy (non-hydrogen) atoms. The van der Waals surface area contributed by atoms with Crippen LogP contribution in [0.2, 0.25) is 0 Å². The van der Waals surface area contributed by atoms with E-state index in [4.69, 9.17) is 4.74 Å². The van der Waals surface area contributed by atoms with E-state index in [1.807, 2.05) is 19.9 Å². The van der Waals surface area contributed by atoms with Crippen molar-refractivity contribution in [2.45, 2.75) is 91.3 Å². The zero-order chi connectivity index (χ0) is 22.7. The van der Waals surface area contributed by atoms with E-state index in [0.717, 1.165) is 24.0 Å². The number of hydrogen-bond acceptors (Lipinski definition) is 2. The Balaban J connectivity index is 0.00000119. The Kier molecular flexibility index (Phi) is 7.30. The first kappa shape index (κ1) is 23.4. The first-order valence-corrected chi connectivity index (χ1v) is 13.1. The molecule has 2 saturated carbocycles. The second-order valence-corrected chi connectivity index (χ2v) is 10.3. The number of ether oxygens (including phenoxy) is 1. The fourth-order valence-corrected chi connectivity index (χ4v) is 7.22. The van der Waals surface area contributed by atoms with Gasteiger partial charge in [-0.3, -0.25) is 0 Å². The zero-order valence-electron chi connectivity index (χ0n) is 20.5. The molecule has 0 aliphatic heterocycles. The number of fused-ring (bicyclic) bond motifs is 5. The Hall–Kier alpha value is -1.80. The van der Waals surface area contributed by atoms with Gasteiger partial charge >= 0.3 is 0 Å². The molecule has 5 unspecified atom stereocenters. The van der Waals surface area contributed by atoms with E-state index >= 15 is 0 Å². The highest BCUT2D eigenvalue weighted by Gasteiger charge is 2.56. The highest BCUT2D eigenvalue weighted by atomic mass is 16.5. The van der Waals surface area contributed by atoms with E-state index in [2.05, 4.69) is 56.3 Å². The molecular weight excluding hydrogens is 392 g/mol. The number of aliphatic hydroxyl groups excluding tert-OH is 1. The summed E-state index contributed by atoms with van der Waals surface area (Å²) in [6, 6.07) is 17.3. The second-order valence-electron chi connectivity index (χ2n) is 10.3. The van der Waals surface area contributed by atoms with Gasteiger partial charge < -0.3 is 9.84 Å². The predicted octanol–water partition coefficient (Wildman–Crippen LogP) is 7.54. The van der Waals surface area contributed by atoms with Crippen molar-refractivity contribution in [3.8, 4) is 5.75 Å². The van der Waals surface area contributed by atoms with Gasteiger partial charge in [-0.25, -0.2) is 0 Å². The molecule has 0 bridgehead atoms. The van der Waals surface area contributed by atoms with Gasteiger partial charge in [-0.05, 0) is 90.0 Å². The van der Waals surface area contributed by atoms with Crippen LogP contribution in [0.4, 0.5) is 0 Å². The van der Waals surface area contributed by atoms with E-state index in [9.17, 15) is 5.11 Å². The molecule has 3 aliphatic rings. The van der Waals surface area contributed by atoms with Crippen LogP contribution in [0.25, 0.3) is 0 Å². The summed E-state index contributed by atoms with van der Waals surface area (Å²) in [6.07, 6.45) is 8.25. The largest absolute Gasteiger partial charge is 0.489 e. The van der Waals surface area contributed by atoms with Crippen molar-refractivity contribution < 1.29 is 9.84 Å². The smallest absolute Gasteiger partial charge is 0.120 e. The summed E-state index contributed by atoms with van der Waals surface area (Å²) in [5.74, 6) is 3.83. The van der Waals surface area contributed by atoms with Crippen LogP contribution in [0, 0.1) is 23.2 Å². The van der Waals surface area contributed by atoms with Crippen LogP contribution in [0.3, 0.4) is 0 Å². The molecule has 0 heterocycles. The molecule has 2 fully saturated rings. The first-order valence-electron chi connectivity index (χ1n) is 13.1. The van der Waals surface area contributed by atoms with Gasteiger partial charge in [0.25, 0.3) is 0 Å². The van der Waals surface area contributed by atoms with Crippen LogP contribution >= 0.6 is 0 Å². The highest BCUT2D eigenvalue weighted by molar-refractivity contribution is 5.41. The molecule has 2 aromatic carbocycles. The lowest BCUT2D eigenvalue weighted by Gasteiger charge is -2.53. The van der Waals surface area contributed by atoms with Crippen molar-refractivity contribution in [2.75, 3.05) is 0 Å². The monoisotopic (exact) mass is 434 g/mol. The Labute approximate surface area is 195 Å². The van der Waals surface area contributed by atoms with Gasteiger partial charge in [0.15, 0.2) is 0 Å². The lowest BCUT2D eigenvalue weighted by Crippen LogP contribution is -2.47. The summed E-state index contributed by atoms with van der Waals surface area (Å²) in [7, 11) is 0. The molecule has 2 heteroatoms. The normalized spacial score (nSPS) is 32.7. The third-order valence-corrected chi connectivity index (χ3v) is 8.73. The third kappa shape index (κ3) is 4.23. The maximum Gasteiger partial charge on any atom is 0.120 e. The van der Waals surface area contributed by atoms with Crippen LogP contribution in [-0.4, -0.2) is 11.2 Å². The quantitative estimate of drug-likeness (QED) is 0.527. The Morgan fingerprint density at radius 1 is 1.03 bits per heavy atom. The maximum atomic E-state index is 10.8. The van der Waals surface area contributed by atoms with Crippen molar-refractivity contribution in [2.24, 2.45) is 23.2 Å². The lowest BCUT2D eigenvalue weighted by atomic mass is 9.52. The number of hydrogen-bond donors (Lipinski definition) is 1. The molecule has 5 rings (SSSR count). The first-order chi connectivity index (χ1) is 15.6. The minimum absolute atomic E-state index is 0.0964. The second kappa shape index (κ2) is 10.00. The minimum atomic E-state index is -0.0964. The van der Waals surface area contributed by atoms with E-state index in [0.29, 0.717) is 18.4 Å². The molecule has 1 N–H and O–H groups in total. The van der Waals surface area contributed by atoms with E-state index in [-0.39, 0.29) is 11.5 Å². The summed E-state index contributed by atoms with van der Waals surface area (Å²) < 4.78 is 6.16. The van der Waals surface area contributed by atoms with E-state index in [1.165, 1.54) is 49.7 Å². The lowest BCUT2D eigenvalue weighted by molar-refractivity contribution is -0.0394. The van der Waals surface area contributed by atoms with Gasteiger partial charge in [-0.2, -0.15) is 0 Å². The molecule has 0 spiro atoms. The summed E-state index contributed by atoms with van der Waals surface area (Å²) in [6.45, 7) is 9.34.